The molecule has 29 heavy (non-hydrogen) atoms. The van der Waals surface area contributed by atoms with E-state index in [1.165, 1.54) is 10.7 Å². The quantitative estimate of drug-likeness (QED) is 0.729. The maximum atomic E-state index is 13.1. The first-order valence-electron chi connectivity index (χ1n) is 10.7. The second-order valence-corrected chi connectivity index (χ2v) is 9.63. The number of nitrogens with zero attached hydrogens (tertiary/aromatic N) is 2. The molecule has 1 amide bonds. The topological polar surface area (TPSA) is 79.0 Å². The molecule has 0 radical (unpaired) electrons. The molecule has 1 saturated carbocycles. The van der Waals surface area contributed by atoms with Gasteiger partial charge in [0.15, 0.2) is 0 Å². The molecule has 7 nitrogen and oxygen atoms in total. The lowest BCUT2D eigenvalue weighted by Crippen LogP contribution is -2.40. The van der Waals surface area contributed by atoms with Crippen molar-refractivity contribution in [3.8, 4) is 0 Å². The Morgan fingerprint density at radius 2 is 1.79 bits per heavy atom. The predicted molar refractivity (Wildman–Crippen MR) is 115 cm³/mol. The van der Waals surface area contributed by atoms with Gasteiger partial charge in [-0.1, -0.05) is 19.3 Å². The molecule has 1 aliphatic heterocycles. The Morgan fingerprint density at radius 3 is 2.41 bits per heavy atom. The van der Waals surface area contributed by atoms with Crippen LogP contribution in [0.1, 0.15) is 46.0 Å². The van der Waals surface area contributed by atoms with E-state index in [-0.39, 0.29) is 16.7 Å². The van der Waals surface area contributed by atoms with Gasteiger partial charge in [-0.05, 0) is 44.9 Å². The fourth-order valence-corrected chi connectivity index (χ4v) is 5.59. The van der Waals surface area contributed by atoms with Gasteiger partial charge in [0.2, 0.25) is 15.9 Å². The number of rotatable bonds is 7. The van der Waals surface area contributed by atoms with Crippen LogP contribution >= 0.6 is 0 Å². The summed E-state index contributed by atoms with van der Waals surface area (Å²) in [5.41, 5.74) is 1.44. The van der Waals surface area contributed by atoms with Crippen molar-refractivity contribution in [2.75, 3.05) is 49.6 Å². The third kappa shape index (κ3) is 5.10. The number of hydrogen-bond acceptors (Lipinski definition) is 5. The molecule has 1 heterocycles. The number of hydrogen-bond donors (Lipinski definition) is 1. The van der Waals surface area contributed by atoms with Gasteiger partial charge >= 0.3 is 0 Å². The largest absolute Gasteiger partial charge is 0.379 e. The summed E-state index contributed by atoms with van der Waals surface area (Å²) < 4.78 is 32.9. The smallest absolute Gasteiger partial charge is 0.243 e. The van der Waals surface area contributed by atoms with Crippen molar-refractivity contribution in [3.63, 3.8) is 0 Å². The molecule has 3 rings (SSSR count). The number of sulfonamides is 1. The zero-order valence-corrected chi connectivity index (χ0v) is 18.3. The molecular weight excluding hydrogens is 390 g/mol. The molecule has 2 aliphatic rings. The molecule has 0 bridgehead atoms. The Hall–Kier alpha value is -1.64. The average molecular weight is 424 g/mol. The van der Waals surface area contributed by atoms with Gasteiger partial charge in [0.1, 0.15) is 0 Å². The summed E-state index contributed by atoms with van der Waals surface area (Å²) in [6.07, 6.45) is 5.14. The van der Waals surface area contributed by atoms with Crippen molar-refractivity contribution in [1.82, 2.24) is 4.31 Å². The lowest BCUT2D eigenvalue weighted by Gasteiger charge is -2.28. The van der Waals surface area contributed by atoms with Gasteiger partial charge in [0.25, 0.3) is 0 Å². The monoisotopic (exact) mass is 423 g/mol. The second kappa shape index (κ2) is 9.91. The van der Waals surface area contributed by atoms with E-state index in [2.05, 4.69) is 24.1 Å². The summed E-state index contributed by atoms with van der Waals surface area (Å²) in [5, 5.41) is 3.06. The highest BCUT2D eigenvalue weighted by molar-refractivity contribution is 7.89. The molecule has 0 unspecified atom stereocenters. The maximum absolute atomic E-state index is 13.1. The van der Waals surface area contributed by atoms with Gasteiger partial charge in [-0.25, -0.2) is 8.42 Å². The summed E-state index contributed by atoms with van der Waals surface area (Å²) in [5.74, 6) is 0.00633. The minimum Gasteiger partial charge on any atom is -0.379 e. The highest BCUT2D eigenvalue weighted by atomic mass is 32.2. The number of carbonyl (C=O) groups is 1. The van der Waals surface area contributed by atoms with Crippen LogP contribution in [0.4, 0.5) is 11.4 Å². The second-order valence-electron chi connectivity index (χ2n) is 7.69. The summed E-state index contributed by atoms with van der Waals surface area (Å²) in [6, 6.07) is 5.09. The number of amides is 1. The molecule has 1 aromatic carbocycles. The van der Waals surface area contributed by atoms with E-state index in [0.29, 0.717) is 32.0 Å². The van der Waals surface area contributed by atoms with Crippen LogP contribution in [-0.4, -0.2) is 58.0 Å². The van der Waals surface area contributed by atoms with E-state index >= 15 is 0 Å². The predicted octanol–water partition coefficient (Wildman–Crippen LogP) is 3.07. The van der Waals surface area contributed by atoms with Gasteiger partial charge in [0.05, 0.1) is 29.5 Å². The van der Waals surface area contributed by atoms with Gasteiger partial charge in [-0.2, -0.15) is 4.31 Å². The van der Waals surface area contributed by atoms with Crippen molar-refractivity contribution in [3.05, 3.63) is 18.2 Å². The van der Waals surface area contributed by atoms with Crippen LogP contribution < -0.4 is 10.2 Å². The van der Waals surface area contributed by atoms with Gasteiger partial charge in [-0.15, -0.1) is 0 Å². The lowest BCUT2D eigenvalue weighted by atomic mass is 9.88. The molecule has 162 valence electrons. The van der Waals surface area contributed by atoms with Crippen LogP contribution in [0, 0.1) is 5.92 Å². The number of morpholine rings is 1. The van der Waals surface area contributed by atoms with Crippen molar-refractivity contribution in [2.24, 2.45) is 5.92 Å². The first kappa shape index (κ1) is 22.1. The van der Waals surface area contributed by atoms with Gasteiger partial charge in [-0.3, -0.25) is 4.79 Å². The number of benzene rings is 1. The molecule has 1 aliphatic carbocycles. The first-order valence-corrected chi connectivity index (χ1v) is 12.2. The number of nitrogens with one attached hydrogen (secondary N) is 1. The number of anilines is 2. The van der Waals surface area contributed by atoms with Crippen LogP contribution in [0.15, 0.2) is 23.1 Å². The highest BCUT2D eigenvalue weighted by Gasteiger charge is 2.28. The Balaban J connectivity index is 1.91. The molecule has 1 N–H and O–H groups in total. The molecule has 0 atom stereocenters. The van der Waals surface area contributed by atoms with Crippen LogP contribution in [0.3, 0.4) is 0 Å². The van der Waals surface area contributed by atoms with Crippen LogP contribution in [0.5, 0.6) is 0 Å². The Morgan fingerprint density at radius 1 is 1.14 bits per heavy atom. The molecule has 2 fully saturated rings. The average Bonchev–Trinajstić information content (AvgIpc) is 2.76. The third-order valence-corrected chi connectivity index (χ3v) is 7.81. The van der Waals surface area contributed by atoms with E-state index in [9.17, 15) is 13.2 Å². The molecular formula is C21H33N3O4S. The van der Waals surface area contributed by atoms with E-state index < -0.39 is 10.0 Å². The molecule has 1 saturated heterocycles. The van der Waals surface area contributed by atoms with E-state index in [1.807, 2.05) is 6.07 Å². The van der Waals surface area contributed by atoms with Crippen LogP contribution in [-0.2, 0) is 19.6 Å². The fourth-order valence-electron chi connectivity index (χ4n) is 4.15. The van der Waals surface area contributed by atoms with Crippen molar-refractivity contribution < 1.29 is 17.9 Å². The summed E-state index contributed by atoms with van der Waals surface area (Å²) in [4.78, 5) is 15.2. The number of carbonyl (C=O) groups excluding carboxylic acids is 1. The minimum atomic E-state index is -3.62. The first-order chi connectivity index (χ1) is 14.0. The standard InChI is InChI=1S/C21H33N3O4S/c1-3-23(4-2)20-11-10-18(29(26,27)24-12-14-28-15-13-24)16-19(20)22-21(25)17-8-6-5-7-9-17/h10-11,16-17H,3-9,12-15H2,1-2H3,(H,22,25). The van der Waals surface area contributed by atoms with Crippen LogP contribution in [0.25, 0.3) is 0 Å². The van der Waals surface area contributed by atoms with E-state index in [0.717, 1.165) is 44.5 Å². The lowest BCUT2D eigenvalue weighted by molar-refractivity contribution is -0.120. The Kier molecular flexibility index (Phi) is 7.54. The third-order valence-electron chi connectivity index (χ3n) is 5.91. The van der Waals surface area contributed by atoms with E-state index in [4.69, 9.17) is 4.74 Å². The normalized spacial score (nSPS) is 19.1. The van der Waals surface area contributed by atoms with Gasteiger partial charge in [0, 0.05) is 32.1 Å². The van der Waals surface area contributed by atoms with Crippen molar-refractivity contribution in [2.45, 2.75) is 50.8 Å². The Labute approximate surface area is 174 Å². The minimum absolute atomic E-state index is 0.000901. The number of ether oxygens (including phenoxy) is 1. The summed E-state index contributed by atoms with van der Waals surface area (Å²) in [7, 11) is -3.62. The molecule has 0 aromatic heterocycles. The van der Waals surface area contributed by atoms with Crippen molar-refractivity contribution in [1.29, 1.82) is 0 Å². The zero-order valence-electron chi connectivity index (χ0n) is 17.5. The SMILES string of the molecule is CCN(CC)c1ccc(S(=O)(=O)N2CCOCC2)cc1NC(=O)C1CCCCC1. The van der Waals surface area contributed by atoms with Crippen LogP contribution in [0.2, 0.25) is 0 Å². The highest BCUT2D eigenvalue weighted by Crippen LogP contribution is 2.32. The van der Waals surface area contributed by atoms with Crippen molar-refractivity contribution >= 4 is 27.3 Å². The van der Waals surface area contributed by atoms with E-state index in [1.54, 1.807) is 12.1 Å². The molecule has 0 spiro atoms. The molecule has 8 heteroatoms. The maximum Gasteiger partial charge on any atom is 0.243 e. The Bertz CT molecular complexity index is 796. The summed E-state index contributed by atoms with van der Waals surface area (Å²) in [6.45, 7) is 7.16. The zero-order chi connectivity index (χ0) is 20.9. The molecule has 1 aromatic rings. The summed E-state index contributed by atoms with van der Waals surface area (Å²) >= 11 is 0. The fraction of sp³-hybridized carbons (Fsp3) is 0.667. The van der Waals surface area contributed by atoms with Gasteiger partial charge < -0.3 is 15.0 Å².